The number of nitrogens with zero attached hydrogens (tertiary/aromatic N) is 3. The van der Waals surface area contributed by atoms with Crippen molar-refractivity contribution in [1.29, 1.82) is 0 Å². The van der Waals surface area contributed by atoms with E-state index in [0.29, 0.717) is 42.7 Å². The number of carbonyl (C=O) groups is 1. The molecule has 6 nitrogen and oxygen atoms in total. The second-order valence-electron chi connectivity index (χ2n) is 6.87. The molecule has 158 valence electrons. The lowest BCUT2D eigenvalue weighted by Gasteiger charge is -2.29. The summed E-state index contributed by atoms with van der Waals surface area (Å²) in [5, 5.41) is 0.459. The molecule has 0 aliphatic carbocycles. The summed E-state index contributed by atoms with van der Waals surface area (Å²) >= 11 is 1.34. The van der Waals surface area contributed by atoms with Gasteiger partial charge in [-0.1, -0.05) is 11.3 Å². The van der Waals surface area contributed by atoms with Gasteiger partial charge in [-0.05, 0) is 24.3 Å². The first kappa shape index (κ1) is 20.6. The van der Waals surface area contributed by atoms with E-state index in [9.17, 15) is 13.6 Å². The zero-order chi connectivity index (χ0) is 21.1. The topological polar surface area (TPSA) is 54.9 Å². The van der Waals surface area contributed by atoms with E-state index in [1.165, 1.54) is 22.3 Å². The van der Waals surface area contributed by atoms with Gasteiger partial charge < -0.3 is 9.47 Å². The molecule has 1 saturated heterocycles. The molecule has 30 heavy (non-hydrogen) atoms. The van der Waals surface area contributed by atoms with Crippen molar-refractivity contribution >= 4 is 32.6 Å². The standard InChI is InChI=1S/C21H21F2N3O3S/c1-28-15-3-5-19-18(13-15)24-21(30-19)26(7-6-25-8-10-29-11-9-25)20(27)16-4-2-14(22)12-17(16)23/h2-5,12-13H,6-11H2,1H3. The lowest BCUT2D eigenvalue weighted by Crippen LogP contribution is -2.43. The third kappa shape index (κ3) is 4.43. The zero-order valence-corrected chi connectivity index (χ0v) is 17.3. The van der Waals surface area contributed by atoms with Crippen LogP contribution < -0.4 is 9.64 Å². The van der Waals surface area contributed by atoms with Crippen LogP contribution in [0.4, 0.5) is 13.9 Å². The van der Waals surface area contributed by atoms with E-state index in [0.717, 1.165) is 29.9 Å². The lowest BCUT2D eigenvalue weighted by molar-refractivity contribution is 0.0391. The van der Waals surface area contributed by atoms with Gasteiger partial charge in [0.1, 0.15) is 17.4 Å². The van der Waals surface area contributed by atoms with Crippen LogP contribution in [0.5, 0.6) is 5.75 Å². The van der Waals surface area contributed by atoms with E-state index in [4.69, 9.17) is 9.47 Å². The largest absolute Gasteiger partial charge is 0.497 e. The molecule has 4 rings (SSSR count). The van der Waals surface area contributed by atoms with Crippen LogP contribution in [0.2, 0.25) is 0 Å². The van der Waals surface area contributed by atoms with E-state index < -0.39 is 17.5 Å². The fraction of sp³-hybridized carbons (Fsp3) is 0.333. The Hall–Kier alpha value is -2.62. The average Bonchev–Trinajstić information content (AvgIpc) is 3.17. The highest BCUT2D eigenvalue weighted by atomic mass is 32.1. The number of thiazole rings is 1. The number of rotatable bonds is 6. The summed E-state index contributed by atoms with van der Waals surface area (Å²) in [6.45, 7) is 3.74. The van der Waals surface area contributed by atoms with Crippen LogP contribution in [0.3, 0.4) is 0 Å². The monoisotopic (exact) mass is 433 g/mol. The van der Waals surface area contributed by atoms with E-state index in [2.05, 4.69) is 9.88 Å². The van der Waals surface area contributed by atoms with Crippen LogP contribution in [0.1, 0.15) is 10.4 Å². The predicted octanol–water partition coefficient (Wildman–Crippen LogP) is 3.56. The molecule has 0 N–H and O–H groups in total. The molecule has 0 bridgehead atoms. The molecule has 1 fully saturated rings. The molecule has 9 heteroatoms. The van der Waals surface area contributed by atoms with Gasteiger partial charge in [-0.15, -0.1) is 0 Å². The van der Waals surface area contributed by atoms with Crippen molar-refractivity contribution in [2.24, 2.45) is 0 Å². The molecule has 0 atom stereocenters. The number of hydrogen-bond acceptors (Lipinski definition) is 6. The summed E-state index contributed by atoms with van der Waals surface area (Å²) in [4.78, 5) is 21.4. The number of aromatic nitrogens is 1. The van der Waals surface area contributed by atoms with Crippen molar-refractivity contribution in [3.05, 3.63) is 53.6 Å². The summed E-state index contributed by atoms with van der Waals surface area (Å²) in [6, 6.07) is 8.46. The summed E-state index contributed by atoms with van der Waals surface area (Å²) in [7, 11) is 1.57. The number of carbonyl (C=O) groups excluding carboxylic acids is 1. The highest BCUT2D eigenvalue weighted by molar-refractivity contribution is 7.22. The van der Waals surface area contributed by atoms with Crippen molar-refractivity contribution in [3.63, 3.8) is 0 Å². The number of halogens is 2. The maximum absolute atomic E-state index is 14.3. The third-order valence-corrected chi connectivity index (χ3v) is 6.02. The maximum Gasteiger partial charge on any atom is 0.263 e. The number of morpholine rings is 1. The second kappa shape index (κ2) is 9.03. The minimum Gasteiger partial charge on any atom is -0.497 e. The Morgan fingerprint density at radius 3 is 2.77 bits per heavy atom. The Kier molecular flexibility index (Phi) is 6.21. The van der Waals surface area contributed by atoms with Gasteiger partial charge in [0.05, 0.1) is 36.1 Å². The second-order valence-corrected chi connectivity index (χ2v) is 7.87. The normalized spacial score (nSPS) is 14.8. The first-order valence-corrected chi connectivity index (χ1v) is 10.4. The van der Waals surface area contributed by atoms with Crippen LogP contribution in [0.15, 0.2) is 36.4 Å². The zero-order valence-electron chi connectivity index (χ0n) is 16.4. The molecule has 0 spiro atoms. The van der Waals surface area contributed by atoms with Gasteiger partial charge in [0.2, 0.25) is 0 Å². The molecule has 0 unspecified atom stereocenters. The molecule has 2 heterocycles. The van der Waals surface area contributed by atoms with E-state index in [1.54, 1.807) is 13.2 Å². The Balaban J connectivity index is 1.66. The third-order valence-electron chi connectivity index (χ3n) is 4.96. The molecule has 3 aromatic rings. The van der Waals surface area contributed by atoms with E-state index in [-0.39, 0.29) is 5.56 Å². The highest BCUT2D eigenvalue weighted by Crippen LogP contribution is 2.32. The maximum atomic E-state index is 14.3. The average molecular weight is 433 g/mol. The van der Waals surface area contributed by atoms with Gasteiger partial charge in [0, 0.05) is 38.3 Å². The Labute approximate surface area is 176 Å². The number of anilines is 1. The van der Waals surface area contributed by atoms with Crippen LogP contribution in [-0.4, -0.2) is 62.3 Å². The van der Waals surface area contributed by atoms with Gasteiger partial charge in [0.15, 0.2) is 5.13 Å². The van der Waals surface area contributed by atoms with Crippen molar-refractivity contribution in [1.82, 2.24) is 9.88 Å². The first-order valence-electron chi connectivity index (χ1n) is 9.57. The van der Waals surface area contributed by atoms with Crippen molar-refractivity contribution in [2.75, 3.05) is 51.4 Å². The molecule has 0 radical (unpaired) electrons. The van der Waals surface area contributed by atoms with Gasteiger partial charge in [0.25, 0.3) is 5.91 Å². The summed E-state index contributed by atoms with van der Waals surface area (Å²) in [5.41, 5.74) is 0.508. The fourth-order valence-electron chi connectivity index (χ4n) is 3.30. The molecule has 1 amide bonds. The van der Waals surface area contributed by atoms with Gasteiger partial charge >= 0.3 is 0 Å². The van der Waals surface area contributed by atoms with Crippen molar-refractivity contribution in [2.45, 2.75) is 0 Å². The summed E-state index contributed by atoms with van der Waals surface area (Å²) < 4.78 is 39.2. The number of methoxy groups -OCH3 is 1. The number of amides is 1. The van der Waals surface area contributed by atoms with E-state index in [1.807, 2.05) is 12.1 Å². The molecule has 1 aromatic heterocycles. The van der Waals surface area contributed by atoms with Gasteiger partial charge in [-0.3, -0.25) is 14.6 Å². The van der Waals surface area contributed by atoms with Crippen molar-refractivity contribution in [3.8, 4) is 5.75 Å². The molecule has 2 aromatic carbocycles. The lowest BCUT2D eigenvalue weighted by atomic mass is 10.2. The van der Waals surface area contributed by atoms with Gasteiger partial charge in [-0.2, -0.15) is 0 Å². The Bertz CT molecular complexity index is 1050. The van der Waals surface area contributed by atoms with E-state index >= 15 is 0 Å². The smallest absolute Gasteiger partial charge is 0.263 e. The highest BCUT2D eigenvalue weighted by Gasteiger charge is 2.25. The summed E-state index contributed by atoms with van der Waals surface area (Å²) in [5.74, 6) is -1.50. The SMILES string of the molecule is COc1ccc2sc(N(CCN3CCOCC3)C(=O)c3ccc(F)cc3F)nc2c1. The van der Waals surface area contributed by atoms with Crippen molar-refractivity contribution < 1.29 is 23.0 Å². The van der Waals surface area contributed by atoms with Gasteiger partial charge in [-0.25, -0.2) is 13.8 Å². The summed E-state index contributed by atoms with van der Waals surface area (Å²) in [6.07, 6.45) is 0. The molecule has 1 aliphatic heterocycles. The molecular formula is C21H21F2N3O3S. The number of hydrogen-bond donors (Lipinski definition) is 0. The predicted molar refractivity (Wildman–Crippen MR) is 111 cm³/mol. The van der Waals surface area contributed by atoms with Crippen LogP contribution in [-0.2, 0) is 4.74 Å². The molecular weight excluding hydrogens is 412 g/mol. The minimum atomic E-state index is -0.890. The van der Waals surface area contributed by atoms with Crippen LogP contribution >= 0.6 is 11.3 Å². The minimum absolute atomic E-state index is 0.185. The number of fused-ring (bicyclic) bond motifs is 1. The number of ether oxygens (including phenoxy) is 2. The molecule has 0 saturated carbocycles. The van der Waals surface area contributed by atoms with Crippen LogP contribution in [0, 0.1) is 11.6 Å². The first-order chi connectivity index (χ1) is 14.5. The quantitative estimate of drug-likeness (QED) is 0.595. The number of benzene rings is 2. The Morgan fingerprint density at radius 2 is 2.03 bits per heavy atom. The Morgan fingerprint density at radius 1 is 1.23 bits per heavy atom. The van der Waals surface area contributed by atoms with Crippen LogP contribution in [0.25, 0.3) is 10.2 Å². The fourth-order valence-corrected chi connectivity index (χ4v) is 4.27. The molecule has 1 aliphatic rings.